The fourth-order valence-corrected chi connectivity index (χ4v) is 2.19. The minimum Gasteiger partial charge on any atom is -0.383 e. The molecule has 24 heavy (non-hydrogen) atoms. The molecule has 2 aromatic rings. The second-order valence-corrected chi connectivity index (χ2v) is 5.62. The van der Waals surface area contributed by atoms with E-state index in [2.05, 4.69) is 15.5 Å². The van der Waals surface area contributed by atoms with E-state index in [1.54, 1.807) is 32.5 Å². The standard InChI is InChI=1S/C16H22FN5O2/c1-12-4-5-13(8-14(12)17)19-16(23)10-21(2)9-15-20-18-11-22(15)6-7-24-3/h4-5,8,11H,6-7,9-10H2,1-3H3,(H,19,23). The number of rotatable bonds is 8. The first-order valence-electron chi connectivity index (χ1n) is 7.59. The van der Waals surface area contributed by atoms with Crippen LogP contribution in [0.3, 0.4) is 0 Å². The van der Waals surface area contributed by atoms with Crippen LogP contribution in [-0.2, 0) is 22.6 Å². The monoisotopic (exact) mass is 335 g/mol. The summed E-state index contributed by atoms with van der Waals surface area (Å²) >= 11 is 0. The lowest BCUT2D eigenvalue weighted by molar-refractivity contribution is -0.117. The number of hydrogen-bond acceptors (Lipinski definition) is 5. The van der Waals surface area contributed by atoms with Gasteiger partial charge in [0.25, 0.3) is 0 Å². The van der Waals surface area contributed by atoms with Gasteiger partial charge in [0, 0.05) is 19.3 Å². The third-order valence-electron chi connectivity index (χ3n) is 3.51. The zero-order valence-corrected chi connectivity index (χ0v) is 14.1. The third-order valence-corrected chi connectivity index (χ3v) is 3.51. The number of nitrogens with zero attached hydrogens (tertiary/aromatic N) is 4. The predicted molar refractivity (Wildman–Crippen MR) is 88.0 cm³/mol. The molecule has 8 heteroatoms. The molecule has 7 nitrogen and oxygen atoms in total. The highest BCUT2D eigenvalue weighted by molar-refractivity contribution is 5.92. The smallest absolute Gasteiger partial charge is 0.238 e. The van der Waals surface area contributed by atoms with E-state index < -0.39 is 0 Å². The predicted octanol–water partition coefficient (Wildman–Crippen LogP) is 1.44. The molecular weight excluding hydrogens is 313 g/mol. The van der Waals surface area contributed by atoms with Crippen molar-refractivity contribution in [3.8, 4) is 0 Å². The third kappa shape index (κ3) is 5.10. The van der Waals surface area contributed by atoms with Crippen LogP contribution in [0.15, 0.2) is 24.5 Å². The first kappa shape index (κ1) is 18.0. The number of aromatic nitrogens is 3. The van der Waals surface area contributed by atoms with Crippen molar-refractivity contribution in [3.63, 3.8) is 0 Å². The molecule has 0 fully saturated rings. The molecule has 1 heterocycles. The lowest BCUT2D eigenvalue weighted by Crippen LogP contribution is -2.31. The molecular formula is C16H22FN5O2. The van der Waals surface area contributed by atoms with E-state index in [4.69, 9.17) is 4.74 Å². The Hall–Kier alpha value is -2.32. The number of halogens is 1. The molecule has 1 N–H and O–H groups in total. The normalized spacial score (nSPS) is 11.0. The van der Waals surface area contributed by atoms with Crippen LogP contribution in [0.5, 0.6) is 0 Å². The van der Waals surface area contributed by atoms with Crippen molar-refractivity contribution in [2.24, 2.45) is 0 Å². The Morgan fingerprint density at radius 2 is 2.25 bits per heavy atom. The number of methoxy groups -OCH3 is 1. The van der Waals surface area contributed by atoms with Crippen molar-refractivity contribution in [1.82, 2.24) is 19.7 Å². The van der Waals surface area contributed by atoms with Crippen molar-refractivity contribution < 1.29 is 13.9 Å². The quantitative estimate of drug-likeness (QED) is 0.790. The van der Waals surface area contributed by atoms with Gasteiger partial charge in [-0.15, -0.1) is 10.2 Å². The summed E-state index contributed by atoms with van der Waals surface area (Å²) in [4.78, 5) is 13.9. The van der Waals surface area contributed by atoms with E-state index in [-0.39, 0.29) is 18.3 Å². The van der Waals surface area contributed by atoms with Crippen LogP contribution in [-0.4, -0.2) is 52.9 Å². The van der Waals surface area contributed by atoms with Gasteiger partial charge in [-0.1, -0.05) is 6.07 Å². The van der Waals surface area contributed by atoms with Crippen molar-refractivity contribution in [2.75, 3.05) is 32.6 Å². The van der Waals surface area contributed by atoms with Gasteiger partial charge in [-0.3, -0.25) is 9.69 Å². The van der Waals surface area contributed by atoms with Crippen LogP contribution in [0, 0.1) is 12.7 Å². The van der Waals surface area contributed by atoms with Crippen LogP contribution in [0.4, 0.5) is 10.1 Å². The van der Waals surface area contributed by atoms with E-state index >= 15 is 0 Å². The molecule has 0 aliphatic heterocycles. The molecule has 1 amide bonds. The summed E-state index contributed by atoms with van der Waals surface area (Å²) in [6.07, 6.45) is 1.64. The maximum absolute atomic E-state index is 13.5. The number of hydrogen-bond donors (Lipinski definition) is 1. The van der Waals surface area contributed by atoms with Gasteiger partial charge < -0.3 is 14.6 Å². The van der Waals surface area contributed by atoms with Crippen LogP contribution in [0.2, 0.25) is 0 Å². The average molecular weight is 335 g/mol. The first-order chi connectivity index (χ1) is 11.5. The number of aryl methyl sites for hydroxylation is 1. The van der Waals surface area contributed by atoms with Gasteiger partial charge >= 0.3 is 0 Å². The summed E-state index contributed by atoms with van der Waals surface area (Å²) < 4.78 is 20.4. The molecule has 1 aromatic carbocycles. The lowest BCUT2D eigenvalue weighted by Gasteiger charge is -2.16. The summed E-state index contributed by atoms with van der Waals surface area (Å²) in [7, 11) is 3.44. The van der Waals surface area contributed by atoms with Gasteiger partial charge in [0.2, 0.25) is 5.91 Å². The van der Waals surface area contributed by atoms with Gasteiger partial charge in [0.1, 0.15) is 18.0 Å². The topological polar surface area (TPSA) is 72.3 Å². The van der Waals surface area contributed by atoms with Gasteiger partial charge in [0.05, 0.1) is 19.7 Å². The Bertz CT molecular complexity index is 689. The Labute approximate surface area is 140 Å². The molecule has 0 radical (unpaired) electrons. The Morgan fingerprint density at radius 1 is 1.46 bits per heavy atom. The van der Waals surface area contributed by atoms with E-state index in [1.807, 2.05) is 16.5 Å². The molecule has 1 aromatic heterocycles. The number of likely N-dealkylation sites (N-methyl/N-ethyl adjacent to an activating group) is 1. The minimum absolute atomic E-state index is 0.159. The van der Waals surface area contributed by atoms with Gasteiger partial charge in [0.15, 0.2) is 0 Å². The molecule has 0 saturated heterocycles. The minimum atomic E-state index is -0.340. The fourth-order valence-electron chi connectivity index (χ4n) is 2.19. The molecule has 0 saturated carbocycles. The second kappa shape index (κ2) is 8.51. The Balaban J connectivity index is 1.87. The zero-order valence-electron chi connectivity index (χ0n) is 14.1. The highest BCUT2D eigenvalue weighted by Crippen LogP contribution is 2.13. The van der Waals surface area contributed by atoms with E-state index in [0.29, 0.717) is 30.9 Å². The van der Waals surface area contributed by atoms with Crippen molar-refractivity contribution in [2.45, 2.75) is 20.0 Å². The lowest BCUT2D eigenvalue weighted by atomic mass is 10.2. The van der Waals surface area contributed by atoms with Crippen LogP contribution < -0.4 is 5.32 Å². The number of nitrogens with one attached hydrogen (secondary N) is 1. The van der Waals surface area contributed by atoms with Crippen molar-refractivity contribution in [1.29, 1.82) is 0 Å². The van der Waals surface area contributed by atoms with Crippen LogP contribution in [0.1, 0.15) is 11.4 Å². The van der Waals surface area contributed by atoms with E-state index in [1.165, 1.54) is 6.07 Å². The summed E-state index contributed by atoms with van der Waals surface area (Å²) in [6, 6.07) is 4.62. The molecule has 0 bridgehead atoms. The molecule has 0 atom stereocenters. The second-order valence-electron chi connectivity index (χ2n) is 5.62. The SMILES string of the molecule is COCCn1cnnc1CN(C)CC(=O)Nc1ccc(C)c(F)c1. The first-order valence-corrected chi connectivity index (χ1v) is 7.59. The number of benzene rings is 1. The zero-order chi connectivity index (χ0) is 17.5. The Kier molecular flexibility index (Phi) is 6.39. The number of carbonyl (C=O) groups excluding carboxylic acids is 1. The fraction of sp³-hybridized carbons (Fsp3) is 0.438. The van der Waals surface area contributed by atoms with Gasteiger partial charge in [-0.25, -0.2) is 4.39 Å². The molecule has 0 spiro atoms. The summed E-state index contributed by atoms with van der Waals surface area (Å²) in [6.45, 7) is 3.52. The molecule has 2 rings (SSSR count). The largest absolute Gasteiger partial charge is 0.383 e. The average Bonchev–Trinajstić information content (AvgIpc) is 2.95. The number of amides is 1. The molecule has 130 valence electrons. The van der Waals surface area contributed by atoms with Crippen LogP contribution in [0.25, 0.3) is 0 Å². The van der Waals surface area contributed by atoms with Gasteiger partial charge in [-0.05, 0) is 31.7 Å². The number of anilines is 1. The van der Waals surface area contributed by atoms with Crippen molar-refractivity contribution >= 4 is 11.6 Å². The highest BCUT2D eigenvalue weighted by atomic mass is 19.1. The summed E-state index contributed by atoms with van der Waals surface area (Å²) in [5, 5.41) is 10.6. The number of ether oxygens (including phenoxy) is 1. The maximum atomic E-state index is 13.5. The van der Waals surface area contributed by atoms with Crippen molar-refractivity contribution in [3.05, 3.63) is 41.7 Å². The highest BCUT2D eigenvalue weighted by Gasteiger charge is 2.12. The summed E-state index contributed by atoms with van der Waals surface area (Å²) in [5.41, 5.74) is 0.986. The molecule has 0 unspecified atom stereocenters. The van der Waals surface area contributed by atoms with Crippen LogP contribution >= 0.6 is 0 Å². The maximum Gasteiger partial charge on any atom is 0.238 e. The van der Waals surface area contributed by atoms with E-state index in [0.717, 1.165) is 5.82 Å². The van der Waals surface area contributed by atoms with Gasteiger partial charge in [-0.2, -0.15) is 0 Å². The molecule has 0 aliphatic rings. The summed E-state index contributed by atoms with van der Waals surface area (Å²) in [5.74, 6) is 0.194. The van der Waals surface area contributed by atoms with E-state index in [9.17, 15) is 9.18 Å². The number of carbonyl (C=O) groups is 1. The molecule has 0 aliphatic carbocycles. The Morgan fingerprint density at radius 3 is 2.96 bits per heavy atom.